The molecule has 0 aliphatic carbocycles. The van der Waals surface area contributed by atoms with Crippen LogP contribution in [0.3, 0.4) is 0 Å². The largest absolute Gasteiger partial charge is 0.372 e. The Morgan fingerprint density at radius 2 is 2.19 bits per heavy atom. The van der Waals surface area contributed by atoms with Gasteiger partial charge in [0.05, 0.1) is 12.7 Å². The third-order valence-electron chi connectivity index (χ3n) is 3.83. The van der Waals surface area contributed by atoms with Gasteiger partial charge in [-0.25, -0.2) is 0 Å². The van der Waals surface area contributed by atoms with Crippen LogP contribution in [0.2, 0.25) is 0 Å². The van der Waals surface area contributed by atoms with Crippen molar-refractivity contribution in [1.82, 2.24) is 10.3 Å². The maximum absolute atomic E-state index is 5.88. The van der Waals surface area contributed by atoms with Crippen molar-refractivity contribution < 1.29 is 4.74 Å². The fourth-order valence-corrected chi connectivity index (χ4v) is 2.92. The van der Waals surface area contributed by atoms with Gasteiger partial charge in [0.1, 0.15) is 0 Å². The lowest BCUT2D eigenvalue weighted by atomic mass is 9.89. The van der Waals surface area contributed by atoms with Crippen molar-refractivity contribution >= 4 is 12.4 Å². The Balaban J connectivity index is 0.00000161. The third-order valence-corrected chi connectivity index (χ3v) is 3.83. The van der Waals surface area contributed by atoms with Gasteiger partial charge in [-0.3, -0.25) is 4.98 Å². The molecule has 1 aliphatic rings. The third kappa shape index (κ3) is 3.26. The summed E-state index contributed by atoms with van der Waals surface area (Å²) in [6.07, 6.45) is 3.02. The Morgan fingerprint density at radius 3 is 2.95 bits per heavy atom. The Labute approximate surface area is 132 Å². The smallest absolute Gasteiger partial charge is 0.0952 e. The summed E-state index contributed by atoms with van der Waals surface area (Å²) < 4.78 is 5.88. The number of halogens is 1. The van der Waals surface area contributed by atoms with Crippen LogP contribution in [0.1, 0.15) is 22.9 Å². The summed E-state index contributed by atoms with van der Waals surface area (Å²) in [5.74, 6) is 0. The molecule has 3 rings (SSSR count). The highest BCUT2D eigenvalue weighted by Crippen LogP contribution is 2.34. The Kier molecular flexibility index (Phi) is 5.34. The van der Waals surface area contributed by atoms with E-state index < -0.39 is 0 Å². The number of likely N-dealkylation sites (N-methyl/N-ethyl adjacent to an activating group) is 1. The van der Waals surface area contributed by atoms with Gasteiger partial charge in [0.15, 0.2) is 0 Å². The molecule has 0 fully saturated rings. The number of nitrogens with one attached hydrogen (secondary N) is 1. The highest BCUT2D eigenvalue weighted by atomic mass is 35.5. The SMILES string of the molecule is CNC[C@@H]1OCCc2c(-c3ccnc(C)c3)cccc21.Cl. The van der Waals surface area contributed by atoms with Gasteiger partial charge < -0.3 is 10.1 Å². The lowest BCUT2D eigenvalue weighted by Crippen LogP contribution is -2.25. The lowest BCUT2D eigenvalue weighted by molar-refractivity contribution is 0.0440. The summed E-state index contributed by atoms with van der Waals surface area (Å²) in [6.45, 7) is 3.68. The van der Waals surface area contributed by atoms with E-state index in [1.54, 1.807) is 0 Å². The highest BCUT2D eigenvalue weighted by Gasteiger charge is 2.22. The van der Waals surface area contributed by atoms with E-state index in [-0.39, 0.29) is 18.5 Å². The molecule has 0 radical (unpaired) electrons. The summed E-state index contributed by atoms with van der Waals surface area (Å²) in [4.78, 5) is 4.29. The second-order valence-corrected chi connectivity index (χ2v) is 5.23. The predicted molar refractivity (Wildman–Crippen MR) is 88.0 cm³/mol. The van der Waals surface area contributed by atoms with Crippen LogP contribution in [-0.2, 0) is 11.2 Å². The number of nitrogens with zero attached hydrogens (tertiary/aromatic N) is 1. The number of pyridine rings is 1. The minimum atomic E-state index is 0. The molecule has 112 valence electrons. The van der Waals surface area contributed by atoms with Crippen molar-refractivity contribution in [3.05, 3.63) is 53.3 Å². The standard InChI is InChI=1S/C17H20N2O.ClH/c1-12-10-13(6-8-19-12)14-4-3-5-16-15(14)7-9-20-17(16)11-18-2;/h3-6,8,10,17-18H,7,9,11H2,1-2H3;1H/t17-;/m0./s1. The fraction of sp³-hybridized carbons (Fsp3) is 0.353. The van der Waals surface area contributed by atoms with Gasteiger partial charge >= 0.3 is 0 Å². The maximum atomic E-state index is 5.88. The van der Waals surface area contributed by atoms with Crippen molar-refractivity contribution in [1.29, 1.82) is 0 Å². The first kappa shape index (κ1) is 16.0. The van der Waals surface area contributed by atoms with Crippen molar-refractivity contribution in [2.45, 2.75) is 19.4 Å². The summed E-state index contributed by atoms with van der Waals surface area (Å²) >= 11 is 0. The summed E-state index contributed by atoms with van der Waals surface area (Å²) in [5.41, 5.74) is 6.36. The number of hydrogen-bond donors (Lipinski definition) is 1. The monoisotopic (exact) mass is 304 g/mol. The first-order valence-corrected chi connectivity index (χ1v) is 7.10. The van der Waals surface area contributed by atoms with Gasteiger partial charge in [0.25, 0.3) is 0 Å². The van der Waals surface area contributed by atoms with Crippen molar-refractivity contribution in [2.75, 3.05) is 20.2 Å². The van der Waals surface area contributed by atoms with E-state index in [0.29, 0.717) is 0 Å². The molecule has 0 saturated heterocycles. The van der Waals surface area contributed by atoms with E-state index in [0.717, 1.165) is 25.3 Å². The van der Waals surface area contributed by atoms with Gasteiger partial charge in [-0.2, -0.15) is 0 Å². The van der Waals surface area contributed by atoms with Crippen LogP contribution in [0.25, 0.3) is 11.1 Å². The van der Waals surface area contributed by atoms with E-state index >= 15 is 0 Å². The van der Waals surface area contributed by atoms with Crippen molar-refractivity contribution in [2.24, 2.45) is 0 Å². The summed E-state index contributed by atoms with van der Waals surface area (Å²) in [6, 6.07) is 10.8. The molecule has 4 heteroatoms. The predicted octanol–water partition coefficient (Wildman–Crippen LogP) is 3.31. The number of hydrogen-bond acceptors (Lipinski definition) is 3. The molecule has 21 heavy (non-hydrogen) atoms. The van der Waals surface area contributed by atoms with Crippen LogP contribution in [0, 0.1) is 6.92 Å². The van der Waals surface area contributed by atoms with Gasteiger partial charge in [0, 0.05) is 18.4 Å². The minimum Gasteiger partial charge on any atom is -0.372 e. The second-order valence-electron chi connectivity index (χ2n) is 5.23. The molecule has 0 unspecified atom stereocenters. The average Bonchev–Trinajstić information content (AvgIpc) is 2.47. The normalized spacial score (nSPS) is 17.0. The lowest BCUT2D eigenvalue weighted by Gasteiger charge is -2.28. The zero-order valence-corrected chi connectivity index (χ0v) is 13.2. The van der Waals surface area contributed by atoms with Gasteiger partial charge in [0.2, 0.25) is 0 Å². The van der Waals surface area contributed by atoms with Gasteiger partial charge in [-0.15, -0.1) is 12.4 Å². The first-order valence-electron chi connectivity index (χ1n) is 7.10. The first-order chi connectivity index (χ1) is 9.79. The number of aromatic nitrogens is 1. The quantitative estimate of drug-likeness (QED) is 0.944. The molecular weight excluding hydrogens is 284 g/mol. The number of rotatable bonds is 3. The zero-order valence-electron chi connectivity index (χ0n) is 12.4. The maximum Gasteiger partial charge on any atom is 0.0952 e. The van der Waals surface area contributed by atoms with Gasteiger partial charge in [-0.1, -0.05) is 18.2 Å². The van der Waals surface area contributed by atoms with E-state index in [2.05, 4.69) is 40.6 Å². The average molecular weight is 305 g/mol. The Hall–Kier alpha value is -1.42. The van der Waals surface area contributed by atoms with Crippen LogP contribution >= 0.6 is 12.4 Å². The number of benzene rings is 1. The van der Waals surface area contributed by atoms with E-state index in [1.807, 2.05) is 20.2 Å². The van der Waals surface area contributed by atoms with E-state index in [1.165, 1.54) is 22.3 Å². The molecule has 0 bridgehead atoms. The molecule has 1 aliphatic heterocycles. The highest BCUT2D eigenvalue weighted by molar-refractivity contribution is 5.85. The van der Waals surface area contributed by atoms with E-state index in [4.69, 9.17) is 4.74 Å². The molecule has 0 saturated carbocycles. The number of ether oxygens (including phenoxy) is 1. The molecule has 2 aromatic rings. The van der Waals surface area contributed by atoms with E-state index in [9.17, 15) is 0 Å². The molecule has 0 amide bonds. The van der Waals surface area contributed by atoms with Crippen LogP contribution in [-0.4, -0.2) is 25.2 Å². The molecule has 1 N–H and O–H groups in total. The molecule has 1 atom stereocenters. The Bertz CT molecular complexity index is 615. The van der Waals surface area contributed by atoms with Crippen molar-refractivity contribution in [3.63, 3.8) is 0 Å². The fourth-order valence-electron chi connectivity index (χ4n) is 2.92. The van der Waals surface area contributed by atoms with Crippen LogP contribution < -0.4 is 5.32 Å². The topological polar surface area (TPSA) is 34.1 Å². The van der Waals surface area contributed by atoms with Crippen LogP contribution in [0.5, 0.6) is 0 Å². The molecular formula is C17H21ClN2O. The summed E-state index contributed by atoms with van der Waals surface area (Å²) in [7, 11) is 1.97. The molecule has 3 nitrogen and oxygen atoms in total. The van der Waals surface area contributed by atoms with Gasteiger partial charge in [-0.05, 0) is 54.8 Å². The van der Waals surface area contributed by atoms with Crippen LogP contribution in [0.4, 0.5) is 0 Å². The Morgan fingerprint density at radius 1 is 1.33 bits per heavy atom. The van der Waals surface area contributed by atoms with Crippen molar-refractivity contribution in [3.8, 4) is 11.1 Å². The molecule has 0 spiro atoms. The zero-order chi connectivity index (χ0) is 13.9. The minimum absolute atomic E-state index is 0. The van der Waals surface area contributed by atoms with Crippen LogP contribution in [0.15, 0.2) is 36.5 Å². The summed E-state index contributed by atoms with van der Waals surface area (Å²) in [5, 5.41) is 3.21. The molecule has 1 aromatic carbocycles. The second kappa shape index (κ2) is 7.03. The molecule has 2 heterocycles. The number of aryl methyl sites for hydroxylation is 1. The number of fused-ring (bicyclic) bond motifs is 1. The molecule has 1 aromatic heterocycles.